The van der Waals surface area contributed by atoms with E-state index in [-0.39, 0.29) is 10.7 Å². The lowest BCUT2D eigenvalue weighted by Crippen LogP contribution is -2.62. The molecule has 0 amide bonds. The number of pyridine rings is 1. The fourth-order valence-corrected chi connectivity index (χ4v) is 4.13. The predicted molar refractivity (Wildman–Crippen MR) is 122 cm³/mol. The molecule has 0 saturated heterocycles. The van der Waals surface area contributed by atoms with Crippen molar-refractivity contribution in [1.82, 2.24) is 4.98 Å². The van der Waals surface area contributed by atoms with Crippen molar-refractivity contribution < 1.29 is 36.2 Å². The summed E-state index contributed by atoms with van der Waals surface area (Å²) in [6.45, 7) is 0. The number of nitrogens with zero attached hydrogens (tertiary/aromatic N) is 3. The Hall–Kier alpha value is -3.31. The summed E-state index contributed by atoms with van der Waals surface area (Å²) in [6.07, 6.45) is -11.4. The molecule has 4 rings (SSSR count). The molecule has 0 aliphatic carbocycles. The molecule has 0 fully saturated rings. The van der Waals surface area contributed by atoms with Crippen LogP contribution < -0.4 is 9.75 Å². The van der Waals surface area contributed by atoms with Crippen molar-refractivity contribution in [3.8, 4) is 17.0 Å². The van der Waals surface area contributed by atoms with Gasteiger partial charge in [-0.3, -0.25) is 5.01 Å². The Bertz CT molecular complexity index is 1250. The Morgan fingerprint density at radius 3 is 2.06 bits per heavy atom. The van der Waals surface area contributed by atoms with Gasteiger partial charge >= 0.3 is 12.4 Å². The quantitative estimate of drug-likeness (QED) is 0.380. The number of hydrogen-bond donors (Lipinski definition) is 1. The van der Waals surface area contributed by atoms with E-state index >= 15 is 0 Å². The summed E-state index contributed by atoms with van der Waals surface area (Å²) in [4.78, 5) is 4.11. The van der Waals surface area contributed by atoms with Crippen LogP contribution in [0, 0.1) is 0 Å². The number of para-hydroxylation sites is 1. The van der Waals surface area contributed by atoms with Crippen molar-refractivity contribution in [1.29, 1.82) is 0 Å². The largest absolute Gasteiger partial charge is 0.481 e. The van der Waals surface area contributed by atoms with Gasteiger partial charge in [0.15, 0.2) is 0 Å². The van der Waals surface area contributed by atoms with Crippen LogP contribution in [0.3, 0.4) is 0 Å². The zero-order valence-corrected chi connectivity index (χ0v) is 19.2. The average molecular weight is 530 g/mol. The van der Waals surface area contributed by atoms with Gasteiger partial charge in [0.05, 0.1) is 29.6 Å². The molecular weight excluding hydrogens is 512 g/mol. The van der Waals surface area contributed by atoms with Crippen molar-refractivity contribution in [3.63, 3.8) is 0 Å². The van der Waals surface area contributed by atoms with Gasteiger partial charge in [-0.05, 0) is 29.3 Å². The van der Waals surface area contributed by atoms with E-state index in [2.05, 4.69) is 10.1 Å². The third-order valence-electron chi connectivity index (χ3n) is 5.82. The highest BCUT2D eigenvalue weighted by atomic mass is 35.5. The molecule has 1 atom stereocenters. The molecule has 0 radical (unpaired) electrons. The summed E-state index contributed by atoms with van der Waals surface area (Å²) in [5.41, 5.74) is -4.71. The molecule has 0 saturated carbocycles. The molecule has 0 bridgehead atoms. The molecule has 3 aromatic rings. The van der Waals surface area contributed by atoms with Gasteiger partial charge in [-0.25, -0.2) is 4.98 Å². The minimum Gasteiger partial charge on any atom is -0.481 e. The molecule has 12 heteroatoms. The lowest BCUT2D eigenvalue weighted by atomic mass is 9.89. The smallest absolute Gasteiger partial charge is 0.431 e. The molecule has 2 heterocycles. The first-order valence-corrected chi connectivity index (χ1v) is 10.8. The number of anilines is 1. The second-order valence-electron chi connectivity index (χ2n) is 7.98. The monoisotopic (exact) mass is 529 g/mol. The first-order valence-electron chi connectivity index (χ1n) is 10.4. The maximum absolute atomic E-state index is 13.6. The van der Waals surface area contributed by atoms with Crippen LogP contribution in [0.4, 0.5) is 32.0 Å². The second-order valence-corrected chi connectivity index (χ2v) is 8.39. The zero-order chi connectivity index (χ0) is 26.3. The van der Waals surface area contributed by atoms with Gasteiger partial charge in [-0.15, -0.1) is 0 Å². The SMILES string of the molecule is COc1ccc(-c2ccc(C3CC(C(O)(C(F)(F)F)C(F)(F)F)=NN3c3ccccc3Cl)cc2)cn1. The van der Waals surface area contributed by atoms with E-state index in [1.54, 1.807) is 48.7 Å². The summed E-state index contributed by atoms with van der Waals surface area (Å²) in [7, 11) is 1.47. The average Bonchev–Trinajstić information content (AvgIpc) is 3.28. The lowest BCUT2D eigenvalue weighted by molar-refractivity contribution is -0.338. The van der Waals surface area contributed by atoms with Gasteiger partial charge in [0, 0.05) is 24.2 Å². The molecule has 0 spiro atoms. The molecule has 2 aromatic carbocycles. The third-order valence-corrected chi connectivity index (χ3v) is 6.14. The number of aliphatic hydroxyl groups is 1. The van der Waals surface area contributed by atoms with Crippen LogP contribution in [0.2, 0.25) is 5.02 Å². The van der Waals surface area contributed by atoms with Gasteiger partial charge in [0.1, 0.15) is 0 Å². The highest BCUT2D eigenvalue weighted by molar-refractivity contribution is 6.33. The van der Waals surface area contributed by atoms with Crippen LogP contribution >= 0.6 is 11.6 Å². The Kier molecular flexibility index (Phi) is 6.65. The van der Waals surface area contributed by atoms with E-state index < -0.39 is 36.1 Å². The Balaban J connectivity index is 1.76. The lowest BCUT2D eigenvalue weighted by Gasteiger charge is -2.32. The summed E-state index contributed by atoms with van der Waals surface area (Å²) in [5, 5.41) is 14.6. The number of benzene rings is 2. The van der Waals surface area contributed by atoms with Crippen LogP contribution in [-0.4, -0.2) is 40.9 Å². The topological polar surface area (TPSA) is 58.0 Å². The number of hydrazone groups is 1. The Labute approximate surface area is 206 Å². The van der Waals surface area contributed by atoms with E-state index in [0.717, 1.165) is 10.6 Å². The molecule has 1 aliphatic rings. The van der Waals surface area contributed by atoms with Crippen molar-refractivity contribution in [3.05, 3.63) is 77.4 Å². The molecule has 1 aromatic heterocycles. The molecular formula is C24H18ClF6N3O2. The van der Waals surface area contributed by atoms with E-state index in [9.17, 15) is 31.4 Å². The maximum Gasteiger partial charge on any atom is 0.431 e. The molecule has 1 aliphatic heterocycles. The molecule has 190 valence electrons. The number of hydrogen-bond acceptors (Lipinski definition) is 5. The van der Waals surface area contributed by atoms with E-state index in [4.69, 9.17) is 16.3 Å². The number of methoxy groups -OCH3 is 1. The summed E-state index contributed by atoms with van der Waals surface area (Å²) < 4.78 is 86.5. The minimum absolute atomic E-state index is 0.0657. The highest BCUT2D eigenvalue weighted by Gasteiger charge is 2.74. The normalized spacial score (nSPS) is 16.8. The van der Waals surface area contributed by atoms with Crippen LogP contribution in [0.25, 0.3) is 11.1 Å². The fraction of sp³-hybridized carbons (Fsp3) is 0.250. The van der Waals surface area contributed by atoms with E-state index in [1.165, 1.54) is 25.3 Å². The zero-order valence-electron chi connectivity index (χ0n) is 18.5. The first-order chi connectivity index (χ1) is 16.9. The standard InChI is InChI=1S/C24H18ClF6N3O2/c1-36-21-11-10-16(13-32-21)14-6-8-15(9-7-14)19-12-20(22(35,23(26,27)28)24(29,30)31)33-34(19)18-5-3-2-4-17(18)25/h2-11,13,19,35H,12H2,1H3. The van der Waals surface area contributed by atoms with Crippen LogP contribution in [-0.2, 0) is 0 Å². The van der Waals surface area contributed by atoms with Crippen molar-refractivity contribution >= 4 is 23.0 Å². The van der Waals surface area contributed by atoms with Gasteiger partial charge < -0.3 is 9.84 Å². The van der Waals surface area contributed by atoms with Crippen LogP contribution in [0.1, 0.15) is 18.0 Å². The Morgan fingerprint density at radius 1 is 0.917 bits per heavy atom. The molecule has 1 N–H and O–H groups in total. The van der Waals surface area contributed by atoms with E-state index in [0.29, 0.717) is 17.0 Å². The number of ether oxygens (including phenoxy) is 1. The maximum atomic E-state index is 13.6. The molecule has 1 unspecified atom stereocenters. The van der Waals surface area contributed by atoms with Gasteiger partial charge in [0.2, 0.25) is 5.88 Å². The summed E-state index contributed by atoms with van der Waals surface area (Å²) >= 11 is 6.19. The van der Waals surface area contributed by atoms with Crippen LogP contribution in [0.15, 0.2) is 72.0 Å². The summed E-state index contributed by atoms with van der Waals surface area (Å²) in [6, 6.07) is 14.7. The van der Waals surface area contributed by atoms with E-state index in [1.807, 2.05) is 0 Å². The second kappa shape index (κ2) is 9.29. The third kappa shape index (κ3) is 4.48. The molecule has 5 nitrogen and oxygen atoms in total. The van der Waals surface area contributed by atoms with Gasteiger partial charge in [0.25, 0.3) is 5.60 Å². The number of halogens is 7. The highest BCUT2D eigenvalue weighted by Crippen LogP contribution is 2.49. The number of alkyl halides is 6. The van der Waals surface area contributed by atoms with Crippen molar-refractivity contribution in [2.75, 3.05) is 12.1 Å². The van der Waals surface area contributed by atoms with Crippen molar-refractivity contribution in [2.24, 2.45) is 5.10 Å². The van der Waals surface area contributed by atoms with Crippen molar-refractivity contribution in [2.45, 2.75) is 30.4 Å². The number of rotatable bonds is 5. The Morgan fingerprint density at radius 2 is 1.53 bits per heavy atom. The summed E-state index contributed by atoms with van der Waals surface area (Å²) in [5.74, 6) is 0.406. The van der Waals surface area contributed by atoms with Crippen LogP contribution in [0.5, 0.6) is 5.88 Å². The minimum atomic E-state index is -6.05. The number of aromatic nitrogens is 1. The molecule has 36 heavy (non-hydrogen) atoms. The predicted octanol–water partition coefficient (Wildman–Crippen LogP) is 6.57. The fourth-order valence-electron chi connectivity index (χ4n) is 3.91. The first kappa shape index (κ1) is 25.8. The van der Waals surface area contributed by atoms with Gasteiger partial charge in [-0.2, -0.15) is 31.4 Å². The van der Waals surface area contributed by atoms with Gasteiger partial charge in [-0.1, -0.05) is 48.0 Å².